The van der Waals surface area contributed by atoms with Gasteiger partial charge >= 0.3 is 0 Å². The van der Waals surface area contributed by atoms with Gasteiger partial charge in [-0.2, -0.15) is 0 Å². The molecule has 3 rings (SSSR count). The largest absolute Gasteiger partial charge is 0.345 e. The molecule has 0 aliphatic heterocycles. The fourth-order valence-corrected chi connectivity index (χ4v) is 3.21. The fraction of sp³-hybridized carbons (Fsp3) is 0.261. The smallest absolute Gasteiger partial charge is 0.254 e. The molecule has 4 heteroatoms. The molecular formula is C23H25FN2O. The van der Waals surface area contributed by atoms with Crippen molar-refractivity contribution in [3.8, 4) is 0 Å². The average Bonchev–Trinajstić information content (AvgIpc) is 3.05. The molecule has 3 nitrogen and oxygen atoms in total. The van der Waals surface area contributed by atoms with Crippen LogP contribution in [-0.2, 0) is 13.1 Å². The Morgan fingerprint density at radius 3 is 2.56 bits per heavy atom. The van der Waals surface area contributed by atoms with Crippen LogP contribution in [0.25, 0.3) is 0 Å². The molecule has 1 aromatic heterocycles. The summed E-state index contributed by atoms with van der Waals surface area (Å²) >= 11 is 0. The van der Waals surface area contributed by atoms with Crippen LogP contribution in [0.1, 0.15) is 41.0 Å². The molecule has 1 amide bonds. The number of aryl methyl sites for hydroxylation is 1. The highest BCUT2D eigenvalue weighted by Gasteiger charge is 2.20. The first-order chi connectivity index (χ1) is 12.9. The summed E-state index contributed by atoms with van der Waals surface area (Å²) < 4.78 is 15.7. The van der Waals surface area contributed by atoms with Crippen molar-refractivity contribution in [1.29, 1.82) is 0 Å². The summed E-state index contributed by atoms with van der Waals surface area (Å²) in [7, 11) is 0. The summed E-state index contributed by atoms with van der Waals surface area (Å²) in [6.45, 7) is 7.27. The molecule has 0 aliphatic carbocycles. The number of hydrogen-bond acceptors (Lipinski definition) is 1. The highest BCUT2D eigenvalue weighted by molar-refractivity contribution is 5.94. The zero-order valence-electron chi connectivity index (χ0n) is 16.0. The molecule has 2 aromatic carbocycles. The number of carbonyl (C=O) groups excluding carboxylic acids is 1. The van der Waals surface area contributed by atoms with E-state index in [-0.39, 0.29) is 11.9 Å². The van der Waals surface area contributed by atoms with E-state index in [0.717, 1.165) is 12.2 Å². The van der Waals surface area contributed by atoms with Crippen LogP contribution < -0.4 is 0 Å². The maximum atomic E-state index is 13.5. The topological polar surface area (TPSA) is 25.2 Å². The third kappa shape index (κ3) is 4.64. The van der Waals surface area contributed by atoms with Crippen molar-refractivity contribution in [3.05, 3.63) is 95.1 Å². The molecule has 1 heterocycles. The van der Waals surface area contributed by atoms with E-state index in [1.54, 1.807) is 17.0 Å². The van der Waals surface area contributed by atoms with Crippen LogP contribution in [0.3, 0.4) is 0 Å². The van der Waals surface area contributed by atoms with E-state index in [0.29, 0.717) is 12.1 Å². The van der Waals surface area contributed by atoms with E-state index in [9.17, 15) is 9.18 Å². The molecule has 0 fully saturated rings. The van der Waals surface area contributed by atoms with E-state index < -0.39 is 5.82 Å². The van der Waals surface area contributed by atoms with Crippen LogP contribution in [-0.4, -0.2) is 21.4 Å². The van der Waals surface area contributed by atoms with Crippen molar-refractivity contribution in [2.24, 2.45) is 0 Å². The van der Waals surface area contributed by atoms with Crippen LogP contribution in [0.15, 0.2) is 66.9 Å². The van der Waals surface area contributed by atoms with E-state index in [1.807, 2.05) is 32.2 Å². The van der Waals surface area contributed by atoms with Crippen molar-refractivity contribution >= 4 is 5.91 Å². The number of nitrogens with zero attached hydrogens (tertiary/aromatic N) is 2. The third-order valence-corrected chi connectivity index (χ3v) is 4.65. The molecule has 0 N–H and O–H groups in total. The molecular weight excluding hydrogens is 339 g/mol. The minimum Gasteiger partial charge on any atom is -0.345 e. The number of halogens is 1. The molecule has 3 aromatic rings. The summed E-state index contributed by atoms with van der Waals surface area (Å²) in [6.07, 6.45) is 2.03. The standard InChI is InChI=1S/C23H25FN2O/c1-17(2)26(23(27)20-9-5-10-21(24)14-20)16-22-11-6-12-25(22)15-19-8-4-7-18(3)13-19/h4-14,17H,15-16H2,1-3H3. The lowest BCUT2D eigenvalue weighted by Gasteiger charge is -2.27. The van der Waals surface area contributed by atoms with Crippen LogP contribution in [0.5, 0.6) is 0 Å². The Balaban J connectivity index is 1.82. The average molecular weight is 364 g/mol. The first-order valence-corrected chi connectivity index (χ1v) is 9.20. The predicted molar refractivity (Wildman–Crippen MR) is 106 cm³/mol. The van der Waals surface area contributed by atoms with Gasteiger partial charge in [-0.25, -0.2) is 4.39 Å². The molecule has 0 bridgehead atoms. The van der Waals surface area contributed by atoms with Gasteiger partial charge < -0.3 is 9.47 Å². The van der Waals surface area contributed by atoms with E-state index in [2.05, 4.69) is 35.8 Å². The first-order valence-electron chi connectivity index (χ1n) is 9.20. The minimum absolute atomic E-state index is 0.00286. The van der Waals surface area contributed by atoms with Crippen molar-refractivity contribution < 1.29 is 9.18 Å². The number of amides is 1. The van der Waals surface area contributed by atoms with Gasteiger partial charge in [0.1, 0.15) is 5.82 Å². The van der Waals surface area contributed by atoms with Gasteiger partial charge in [0.2, 0.25) is 0 Å². The molecule has 0 atom stereocenters. The quantitative estimate of drug-likeness (QED) is 0.602. The van der Waals surface area contributed by atoms with Crippen LogP contribution >= 0.6 is 0 Å². The molecule has 0 spiro atoms. The summed E-state index contributed by atoms with van der Waals surface area (Å²) in [6, 6.07) is 18.3. The second-order valence-electron chi connectivity index (χ2n) is 7.15. The van der Waals surface area contributed by atoms with Gasteiger partial charge in [0.15, 0.2) is 0 Å². The van der Waals surface area contributed by atoms with Gasteiger partial charge in [-0.3, -0.25) is 4.79 Å². The van der Waals surface area contributed by atoms with Gasteiger partial charge in [-0.15, -0.1) is 0 Å². The minimum atomic E-state index is -0.396. The van der Waals surface area contributed by atoms with E-state index in [1.165, 1.54) is 23.3 Å². The van der Waals surface area contributed by atoms with Gasteiger partial charge in [0.05, 0.1) is 6.54 Å². The second kappa shape index (κ2) is 8.21. The molecule has 140 valence electrons. The Labute approximate surface area is 160 Å². The normalized spacial score (nSPS) is 11.0. The molecule has 0 unspecified atom stereocenters. The fourth-order valence-electron chi connectivity index (χ4n) is 3.21. The summed E-state index contributed by atoms with van der Waals surface area (Å²) in [5.41, 5.74) is 3.88. The van der Waals surface area contributed by atoms with Crippen molar-refractivity contribution in [1.82, 2.24) is 9.47 Å². The van der Waals surface area contributed by atoms with Crippen LogP contribution in [0.4, 0.5) is 4.39 Å². The lowest BCUT2D eigenvalue weighted by molar-refractivity contribution is 0.0685. The first kappa shape index (κ1) is 18.9. The summed E-state index contributed by atoms with van der Waals surface area (Å²) in [5.74, 6) is -0.555. The third-order valence-electron chi connectivity index (χ3n) is 4.65. The van der Waals surface area contributed by atoms with Crippen molar-refractivity contribution in [2.75, 3.05) is 0 Å². The molecule has 0 saturated carbocycles. The van der Waals surface area contributed by atoms with E-state index in [4.69, 9.17) is 0 Å². The van der Waals surface area contributed by atoms with Gasteiger partial charge in [-0.05, 0) is 56.7 Å². The Hall–Kier alpha value is -2.88. The second-order valence-corrected chi connectivity index (χ2v) is 7.15. The number of carbonyl (C=O) groups is 1. The highest BCUT2D eigenvalue weighted by Crippen LogP contribution is 2.16. The van der Waals surface area contributed by atoms with Crippen molar-refractivity contribution in [2.45, 2.75) is 39.9 Å². The Morgan fingerprint density at radius 2 is 1.85 bits per heavy atom. The van der Waals surface area contributed by atoms with Gasteiger partial charge in [-0.1, -0.05) is 35.9 Å². The lowest BCUT2D eigenvalue weighted by atomic mass is 10.1. The predicted octanol–water partition coefficient (Wildman–Crippen LogP) is 5.03. The van der Waals surface area contributed by atoms with Gasteiger partial charge in [0.25, 0.3) is 5.91 Å². The zero-order chi connectivity index (χ0) is 19.4. The molecule has 0 saturated heterocycles. The zero-order valence-corrected chi connectivity index (χ0v) is 16.0. The van der Waals surface area contributed by atoms with Gasteiger partial charge in [0, 0.05) is 30.0 Å². The highest BCUT2D eigenvalue weighted by atomic mass is 19.1. The number of rotatable bonds is 6. The summed E-state index contributed by atoms with van der Waals surface area (Å²) in [4.78, 5) is 14.7. The molecule has 0 radical (unpaired) electrons. The number of aromatic nitrogens is 1. The lowest BCUT2D eigenvalue weighted by Crippen LogP contribution is -2.37. The Kier molecular flexibility index (Phi) is 5.75. The SMILES string of the molecule is Cc1cccc(Cn2cccc2CN(C(=O)c2cccc(F)c2)C(C)C)c1. The monoisotopic (exact) mass is 364 g/mol. The molecule has 0 aliphatic rings. The summed E-state index contributed by atoms with van der Waals surface area (Å²) in [5, 5.41) is 0. The van der Waals surface area contributed by atoms with Crippen LogP contribution in [0.2, 0.25) is 0 Å². The van der Waals surface area contributed by atoms with Crippen LogP contribution in [0, 0.1) is 12.7 Å². The molecule has 27 heavy (non-hydrogen) atoms. The van der Waals surface area contributed by atoms with E-state index >= 15 is 0 Å². The number of hydrogen-bond donors (Lipinski definition) is 0. The van der Waals surface area contributed by atoms with Crippen molar-refractivity contribution in [3.63, 3.8) is 0 Å². The Morgan fingerprint density at radius 1 is 1.07 bits per heavy atom. The maximum Gasteiger partial charge on any atom is 0.254 e. The maximum absolute atomic E-state index is 13.5. The Bertz CT molecular complexity index is 929. The number of benzene rings is 2.